The van der Waals surface area contributed by atoms with Crippen molar-refractivity contribution in [3.8, 4) is 17.0 Å². The quantitative estimate of drug-likeness (QED) is 0.538. The van der Waals surface area contributed by atoms with Gasteiger partial charge in [0.2, 0.25) is 0 Å². The number of fused-ring (bicyclic) bond motifs is 1. The number of nitrogens with one attached hydrogen (secondary N) is 1. The molecule has 3 aromatic rings. The van der Waals surface area contributed by atoms with Gasteiger partial charge in [0.15, 0.2) is 0 Å². The van der Waals surface area contributed by atoms with Crippen LogP contribution in [0.3, 0.4) is 0 Å². The number of H-pyrrole nitrogens is 1. The smallest absolute Gasteiger partial charge is 0.273 e. The minimum Gasteiger partial charge on any atom is -0.507 e. The lowest BCUT2D eigenvalue weighted by Crippen LogP contribution is -2.30. The van der Waals surface area contributed by atoms with Crippen molar-refractivity contribution in [2.75, 3.05) is 6.54 Å². The van der Waals surface area contributed by atoms with Crippen molar-refractivity contribution >= 4 is 17.5 Å². The summed E-state index contributed by atoms with van der Waals surface area (Å²) < 4.78 is 0. The van der Waals surface area contributed by atoms with Crippen molar-refractivity contribution in [3.63, 3.8) is 0 Å². The van der Waals surface area contributed by atoms with Gasteiger partial charge in [0.25, 0.3) is 5.91 Å². The van der Waals surface area contributed by atoms with Gasteiger partial charge in [0.05, 0.1) is 6.04 Å². The number of phenolic OH excluding ortho intramolecular Hbond substituents is 1. The number of aromatic hydroxyl groups is 1. The van der Waals surface area contributed by atoms with E-state index in [4.69, 9.17) is 11.6 Å². The average Bonchev–Trinajstić information content (AvgIpc) is 3.28. The number of hydrogen-bond acceptors (Lipinski definition) is 3. The lowest BCUT2D eigenvalue weighted by atomic mass is 9.94. The zero-order valence-electron chi connectivity index (χ0n) is 17.5. The molecule has 5 nitrogen and oxygen atoms in total. The molecule has 0 spiro atoms. The second kappa shape index (κ2) is 8.15. The summed E-state index contributed by atoms with van der Waals surface area (Å²) in [5.41, 5.74) is 5.47. The Morgan fingerprint density at radius 1 is 1.20 bits per heavy atom. The minimum absolute atomic E-state index is 0.0560. The summed E-state index contributed by atoms with van der Waals surface area (Å²) in [6.07, 6.45) is 2.88. The number of hydrogen-bond donors (Lipinski definition) is 2. The van der Waals surface area contributed by atoms with Crippen LogP contribution in [0.2, 0.25) is 5.02 Å². The van der Waals surface area contributed by atoms with Crippen LogP contribution in [0.15, 0.2) is 36.4 Å². The molecular weight excluding hydrogens is 398 g/mol. The molecule has 0 fully saturated rings. The second-order valence-corrected chi connectivity index (χ2v) is 8.24. The fraction of sp³-hybridized carbons (Fsp3) is 0.333. The molecule has 1 aromatic heterocycles. The minimum atomic E-state index is -0.252. The molecule has 0 aliphatic carbocycles. The Hall–Kier alpha value is -2.79. The first-order valence-corrected chi connectivity index (χ1v) is 10.8. The Bertz CT molecular complexity index is 1090. The number of carbonyl (C=O) groups is 1. The molecule has 1 unspecified atom stereocenters. The van der Waals surface area contributed by atoms with Crippen molar-refractivity contribution in [1.29, 1.82) is 0 Å². The molecule has 2 N–H and O–H groups in total. The maximum atomic E-state index is 13.2. The number of carbonyl (C=O) groups excluding carboxylic acids is 1. The van der Waals surface area contributed by atoms with Crippen molar-refractivity contribution in [2.24, 2.45) is 0 Å². The molecule has 1 atom stereocenters. The van der Waals surface area contributed by atoms with E-state index in [0.717, 1.165) is 36.0 Å². The highest BCUT2D eigenvalue weighted by atomic mass is 35.5. The zero-order chi connectivity index (χ0) is 21.4. The lowest BCUT2D eigenvalue weighted by Gasteiger charge is -2.26. The van der Waals surface area contributed by atoms with Gasteiger partial charge in [-0.1, -0.05) is 56.1 Å². The largest absolute Gasteiger partial charge is 0.507 e. The van der Waals surface area contributed by atoms with Crippen LogP contribution in [0, 0.1) is 6.92 Å². The number of nitrogens with zero attached hydrogens (tertiary/aromatic N) is 2. The molecule has 30 heavy (non-hydrogen) atoms. The van der Waals surface area contributed by atoms with Gasteiger partial charge in [-0.05, 0) is 48.6 Å². The van der Waals surface area contributed by atoms with E-state index in [1.807, 2.05) is 11.8 Å². The number of phenols is 1. The van der Waals surface area contributed by atoms with Gasteiger partial charge < -0.3 is 10.0 Å². The molecule has 156 valence electrons. The Morgan fingerprint density at radius 3 is 2.60 bits per heavy atom. The summed E-state index contributed by atoms with van der Waals surface area (Å²) in [5, 5.41) is 18.5. The maximum Gasteiger partial charge on any atom is 0.273 e. The molecule has 4 rings (SSSR count). The van der Waals surface area contributed by atoms with Gasteiger partial charge in [0, 0.05) is 22.7 Å². The number of aromatic amines is 1. The predicted molar refractivity (Wildman–Crippen MR) is 119 cm³/mol. The van der Waals surface area contributed by atoms with Crippen molar-refractivity contribution in [3.05, 3.63) is 69.4 Å². The predicted octanol–water partition coefficient (Wildman–Crippen LogP) is 5.65. The average molecular weight is 424 g/mol. The van der Waals surface area contributed by atoms with Gasteiger partial charge in [-0.15, -0.1) is 0 Å². The number of aromatic nitrogens is 2. The Balaban J connectivity index is 1.88. The lowest BCUT2D eigenvalue weighted by molar-refractivity contribution is 0.0741. The van der Waals surface area contributed by atoms with E-state index in [1.165, 1.54) is 5.56 Å². The van der Waals surface area contributed by atoms with E-state index >= 15 is 0 Å². The fourth-order valence-electron chi connectivity index (χ4n) is 4.10. The molecule has 1 amide bonds. The van der Waals surface area contributed by atoms with E-state index in [1.54, 1.807) is 12.1 Å². The van der Waals surface area contributed by atoms with Gasteiger partial charge in [-0.25, -0.2) is 0 Å². The third kappa shape index (κ3) is 3.37. The first-order chi connectivity index (χ1) is 14.5. The fourth-order valence-corrected chi connectivity index (χ4v) is 4.26. The van der Waals surface area contributed by atoms with Crippen LogP contribution < -0.4 is 0 Å². The SMILES string of the molecule is CCCCN1C(=O)c2[nH]nc(-c3cc(Cl)c(C)cc3O)c2C1c1ccc(CC)cc1. The number of unbranched alkanes of at least 4 members (excludes halogenated alkanes) is 1. The van der Waals surface area contributed by atoms with Crippen LogP contribution in [-0.4, -0.2) is 32.7 Å². The van der Waals surface area contributed by atoms with Gasteiger partial charge in [-0.3, -0.25) is 9.89 Å². The Kier molecular flexibility index (Phi) is 5.56. The van der Waals surface area contributed by atoms with Gasteiger partial charge in [-0.2, -0.15) is 5.10 Å². The van der Waals surface area contributed by atoms with E-state index < -0.39 is 0 Å². The van der Waals surface area contributed by atoms with Gasteiger partial charge >= 0.3 is 0 Å². The Labute approximate surface area is 181 Å². The highest BCUT2D eigenvalue weighted by Gasteiger charge is 2.42. The normalized spacial score (nSPS) is 15.7. The number of benzene rings is 2. The highest BCUT2D eigenvalue weighted by Crippen LogP contribution is 2.45. The van der Waals surface area contributed by atoms with Crippen molar-refractivity contribution < 1.29 is 9.90 Å². The maximum absolute atomic E-state index is 13.2. The topological polar surface area (TPSA) is 69.2 Å². The van der Waals surface area contributed by atoms with Crippen LogP contribution in [0.4, 0.5) is 0 Å². The molecule has 2 aromatic carbocycles. The second-order valence-electron chi connectivity index (χ2n) is 7.83. The van der Waals surface area contributed by atoms with Crippen LogP contribution in [0.25, 0.3) is 11.3 Å². The van der Waals surface area contributed by atoms with Crippen LogP contribution in [-0.2, 0) is 6.42 Å². The van der Waals surface area contributed by atoms with E-state index in [2.05, 4.69) is 48.3 Å². The van der Waals surface area contributed by atoms with Crippen molar-refractivity contribution in [1.82, 2.24) is 15.1 Å². The molecule has 1 aliphatic rings. The van der Waals surface area contributed by atoms with E-state index in [-0.39, 0.29) is 17.7 Å². The third-order valence-corrected chi connectivity index (χ3v) is 6.26. The standard InChI is InChI=1S/C24H26ClN3O2/c1-4-6-11-28-23(16-9-7-15(5-2)8-10-16)20-21(26-27-22(20)24(28)30)17-13-18(25)14(3)12-19(17)29/h7-10,12-13,23,29H,4-6,11H2,1-3H3,(H,26,27). The summed E-state index contributed by atoms with van der Waals surface area (Å²) in [5.74, 6) is 0.0465. The summed E-state index contributed by atoms with van der Waals surface area (Å²) in [7, 11) is 0. The molecule has 2 heterocycles. The highest BCUT2D eigenvalue weighted by molar-refractivity contribution is 6.31. The first kappa shape index (κ1) is 20.5. The molecule has 0 saturated heterocycles. The molecule has 6 heteroatoms. The van der Waals surface area contributed by atoms with Crippen LogP contribution in [0.5, 0.6) is 5.75 Å². The number of halogens is 1. The van der Waals surface area contributed by atoms with Crippen molar-refractivity contribution in [2.45, 2.75) is 46.1 Å². The summed E-state index contributed by atoms with van der Waals surface area (Å²) >= 11 is 6.34. The summed E-state index contributed by atoms with van der Waals surface area (Å²) in [6, 6.07) is 11.5. The molecule has 0 bridgehead atoms. The summed E-state index contributed by atoms with van der Waals surface area (Å²) in [4.78, 5) is 15.1. The molecular formula is C24H26ClN3O2. The molecule has 0 saturated carbocycles. The molecule has 0 radical (unpaired) electrons. The van der Waals surface area contributed by atoms with Gasteiger partial charge in [0.1, 0.15) is 17.1 Å². The monoisotopic (exact) mass is 423 g/mol. The number of amides is 1. The van der Waals surface area contributed by atoms with Crippen LogP contribution in [0.1, 0.15) is 65.5 Å². The van der Waals surface area contributed by atoms with E-state index in [0.29, 0.717) is 28.5 Å². The summed E-state index contributed by atoms with van der Waals surface area (Å²) in [6.45, 7) is 6.75. The third-order valence-electron chi connectivity index (χ3n) is 5.85. The number of rotatable bonds is 6. The number of aryl methyl sites for hydroxylation is 2. The first-order valence-electron chi connectivity index (χ1n) is 10.4. The zero-order valence-corrected chi connectivity index (χ0v) is 18.3. The van der Waals surface area contributed by atoms with Crippen LogP contribution >= 0.6 is 11.6 Å². The molecule has 1 aliphatic heterocycles. The Morgan fingerprint density at radius 2 is 1.93 bits per heavy atom. The van der Waals surface area contributed by atoms with E-state index in [9.17, 15) is 9.90 Å².